The predicted molar refractivity (Wildman–Crippen MR) is 109 cm³/mol. The predicted octanol–water partition coefficient (Wildman–Crippen LogP) is 3.98. The van der Waals surface area contributed by atoms with Crippen LogP contribution in [-0.4, -0.2) is 54.2 Å². The molecule has 1 saturated heterocycles. The number of rotatable bonds is 5. The fourth-order valence-electron chi connectivity index (χ4n) is 3.52. The number of fused-ring (bicyclic) bond motifs is 3. The lowest BCUT2D eigenvalue weighted by Gasteiger charge is -2.34. The van der Waals surface area contributed by atoms with Gasteiger partial charge in [-0.15, -0.1) is 11.8 Å². The molecule has 2 aromatic carbocycles. The van der Waals surface area contributed by atoms with Crippen molar-refractivity contribution in [3.05, 3.63) is 48.0 Å². The minimum atomic E-state index is 0.264. The number of nitrogens with zero attached hydrogens (tertiary/aromatic N) is 2. The molecular formula is C21H24N2O2S. The molecule has 26 heavy (non-hydrogen) atoms. The number of furan rings is 1. The summed E-state index contributed by atoms with van der Waals surface area (Å²) in [4.78, 5) is 16.8. The number of hydrogen-bond donors (Lipinski definition) is 0. The first kappa shape index (κ1) is 17.4. The lowest BCUT2D eigenvalue weighted by atomic mass is 10.1. The maximum absolute atomic E-state index is 12.4. The van der Waals surface area contributed by atoms with Crippen LogP contribution in [0.1, 0.15) is 12.5 Å². The number of thioether (sulfide) groups is 1. The molecule has 0 saturated carbocycles. The second-order valence-corrected chi connectivity index (χ2v) is 7.72. The lowest BCUT2D eigenvalue weighted by Crippen LogP contribution is -2.49. The molecule has 2 heterocycles. The number of carbonyl (C=O) groups excluding carboxylic acids is 1. The summed E-state index contributed by atoms with van der Waals surface area (Å²) in [5.74, 6) is 1.66. The van der Waals surface area contributed by atoms with E-state index < -0.39 is 0 Å². The zero-order valence-corrected chi connectivity index (χ0v) is 15.9. The molecule has 0 N–H and O–H groups in total. The molecule has 0 unspecified atom stereocenters. The molecule has 0 aliphatic carbocycles. The molecule has 0 atom stereocenters. The van der Waals surface area contributed by atoms with Crippen LogP contribution in [0.5, 0.6) is 0 Å². The quantitative estimate of drug-likeness (QED) is 0.682. The van der Waals surface area contributed by atoms with Gasteiger partial charge < -0.3 is 14.2 Å². The zero-order valence-electron chi connectivity index (χ0n) is 15.1. The standard InChI is InChI=1S/C21H24N2O2S/c1-2-22-9-11-23(12-10-22)21(24)15-26-14-16-7-8-20-18(13-16)17-5-3-4-6-19(17)25-20/h3-8,13H,2,9-12,14-15H2,1H3. The van der Waals surface area contributed by atoms with Crippen LogP contribution in [0.4, 0.5) is 0 Å². The molecule has 4 rings (SSSR count). The normalized spacial score (nSPS) is 15.8. The number of carbonyl (C=O) groups is 1. The Labute approximate surface area is 158 Å². The van der Waals surface area contributed by atoms with Crippen LogP contribution in [0.3, 0.4) is 0 Å². The molecule has 1 aromatic heterocycles. The molecule has 136 valence electrons. The van der Waals surface area contributed by atoms with Crippen molar-refractivity contribution in [2.75, 3.05) is 38.5 Å². The van der Waals surface area contributed by atoms with Gasteiger partial charge in [0.2, 0.25) is 5.91 Å². The molecule has 4 nitrogen and oxygen atoms in total. The summed E-state index contributed by atoms with van der Waals surface area (Å²) in [5, 5.41) is 2.31. The van der Waals surface area contributed by atoms with E-state index in [2.05, 4.69) is 30.0 Å². The van der Waals surface area contributed by atoms with Gasteiger partial charge in [0.25, 0.3) is 0 Å². The molecule has 3 aromatic rings. The first-order chi connectivity index (χ1) is 12.7. The highest BCUT2D eigenvalue weighted by atomic mass is 32.2. The van der Waals surface area contributed by atoms with Gasteiger partial charge in [-0.1, -0.05) is 31.2 Å². The monoisotopic (exact) mass is 368 g/mol. The van der Waals surface area contributed by atoms with Crippen molar-refractivity contribution < 1.29 is 9.21 Å². The highest BCUT2D eigenvalue weighted by Gasteiger charge is 2.19. The number of likely N-dealkylation sites (N-methyl/N-ethyl adjacent to an activating group) is 1. The van der Waals surface area contributed by atoms with Crippen LogP contribution < -0.4 is 0 Å². The van der Waals surface area contributed by atoms with E-state index in [0.717, 1.165) is 60.4 Å². The Kier molecular flexibility index (Phi) is 5.18. The maximum atomic E-state index is 12.4. The Bertz CT molecular complexity index is 913. The van der Waals surface area contributed by atoms with Gasteiger partial charge in [-0.05, 0) is 30.3 Å². The van der Waals surface area contributed by atoms with Crippen LogP contribution in [0.15, 0.2) is 46.9 Å². The lowest BCUT2D eigenvalue weighted by molar-refractivity contribution is -0.130. The second-order valence-electron chi connectivity index (χ2n) is 6.74. The molecule has 1 aliphatic rings. The highest BCUT2D eigenvalue weighted by Crippen LogP contribution is 2.30. The average molecular weight is 369 g/mol. The van der Waals surface area contributed by atoms with Crippen molar-refractivity contribution >= 4 is 39.6 Å². The van der Waals surface area contributed by atoms with Gasteiger partial charge in [0, 0.05) is 42.7 Å². The molecule has 0 bridgehead atoms. The van der Waals surface area contributed by atoms with E-state index in [1.54, 1.807) is 11.8 Å². The Morgan fingerprint density at radius 1 is 1.04 bits per heavy atom. The first-order valence-corrected chi connectivity index (χ1v) is 10.4. The van der Waals surface area contributed by atoms with Gasteiger partial charge in [-0.25, -0.2) is 0 Å². The second kappa shape index (κ2) is 7.72. The number of piperazine rings is 1. The van der Waals surface area contributed by atoms with Crippen LogP contribution in [0.25, 0.3) is 21.9 Å². The van der Waals surface area contributed by atoms with Crippen molar-refractivity contribution in [3.8, 4) is 0 Å². The first-order valence-electron chi connectivity index (χ1n) is 9.22. The van der Waals surface area contributed by atoms with Crippen LogP contribution in [-0.2, 0) is 10.5 Å². The van der Waals surface area contributed by atoms with Crippen molar-refractivity contribution in [2.45, 2.75) is 12.7 Å². The van der Waals surface area contributed by atoms with E-state index in [0.29, 0.717) is 5.75 Å². The van der Waals surface area contributed by atoms with Gasteiger partial charge in [0.1, 0.15) is 11.2 Å². The largest absolute Gasteiger partial charge is 0.456 e. The van der Waals surface area contributed by atoms with Crippen molar-refractivity contribution in [1.29, 1.82) is 0 Å². The third-order valence-electron chi connectivity index (χ3n) is 5.11. The molecule has 1 fully saturated rings. The SMILES string of the molecule is CCN1CCN(C(=O)CSCc2ccc3oc4ccccc4c3c2)CC1. The van der Waals surface area contributed by atoms with Gasteiger partial charge in [0.05, 0.1) is 5.75 Å². The third kappa shape index (κ3) is 3.60. The molecule has 1 amide bonds. The van der Waals surface area contributed by atoms with Gasteiger partial charge in [-0.2, -0.15) is 0 Å². The van der Waals surface area contributed by atoms with Gasteiger partial charge in [0.15, 0.2) is 0 Å². The average Bonchev–Trinajstić information content (AvgIpc) is 3.06. The number of amides is 1. The van der Waals surface area contributed by atoms with Crippen LogP contribution in [0.2, 0.25) is 0 Å². The third-order valence-corrected chi connectivity index (χ3v) is 6.10. The fraction of sp³-hybridized carbons (Fsp3) is 0.381. The van der Waals surface area contributed by atoms with Crippen LogP contribution in [0, 0.1) is 0 Å². The Morgan fingerprint density at radius 3 is 2.62 bits per heavy atom. The van der Waals surface area contributed by atoms with E-state index in [1.807, 2.05) is 29.2 Å². The van der Waals surface area contributed by atoms with E-state index in [4.69, 9.17) is 4.42 Å². The molecule has 0 radical (unpaired) electrons. The zero-order chi connectivity index (χ0) is 17.9. The summed E-state index contributed by atoms with van der Waals surface area (Å²) in [7, 11) is 0. The molecule has 5 heteroatoms. The van der Waals surface area contributed by atoms with E-state index in [1.165, 1.54) is 5.56 Å². The summed E-state index contributed by atoms with van der Waals surface area (Å²) in [5.41, 5.74) is 3.08. The number of para-hydroxylation sites is 1. The van der Waals surface area contributed by atoms with Gasteiger partial charge >= 0.3 is 0 Å². The van der Waals surface area contributed by atoms with E-state index in [-0.39, 0.29) is 5.91 Å². The molecule has 0 spiro atoms. The van der Waals surface area contributed by atoms with Crippen molar-refractivity contribution in [3.63, 3.8) is 0 Å². The summed E-state index contributed by atoms with van der Waals surface area (Å²) in [6, 6.07) is 14.5. The van der Waals surface area contributed by atoms with Gasteiger partial charge in [-0.3, -0.25) is 4.79 Å². The van der Waals surface area contributed by atoms with Crippen molar-refractivity contribution in [2.24, 2.45) is 0 Å². The summed E-state index contributed by atoms with van der Waals surface area (Å²) < 4.78 is 5.88. The maximum Gasteiger partial charge on any atom is 0.232 e. The topological polar surface area (TPSA) is 36.7 Å². The smallest absolute Gasteiger partial charge is 0.232 e. The number of benzene rings is 2. The minimum absolute atomic E-state index is 0.264. The fourth-order valence-corrected chi connectivity index (χ4v) is 4.40. The number of hydrogen-bond acceptors (Lipinski definition) is 4. The molecule has 1 aliphatic heterocycles. The summed E-state index contributed by atoms with van der Waals surface area (Å²) in [6.07, 6.45) is 0. The van der Waals surface area contributed by atoms with E-state index >= 15 is 0 Å². The molecular weight excluding hydrogens is 344 g/mol. The van der Waals surface area contributed by atoms with E-state index in [9.17, 15) is 4.79 Å². The highest BCUT2D eigenvalue weighted by molar-refractivity contribution is 7.99. The Balaban J connectivity index is 1.36. The van der Waals surface area contributed by atoms with Crippen LogP contribution >= 0.6 is 11.8 Å². The van der Waals surface area contributed by atoms with Crippen molar-refractivity contribution in [1.82, 2.24) is 9.80 Å². The summed E-state index contributed by atoms with van der Waals surface area (Å²) >= 11 is 1.70. The Morgan fingerprint density at radius 2 is 1.81 bits per heavy atom. The minimum Gasteiger partial charge on any atom is -0.456 e. The Hall–Kier alpha value is -1.98. The summed E-state index contributed by atoms with van der Waals surface area (Å²) in [6.45, 7) is 6.96.